The molecule has 0 fully saturated rings. The molecule has 0 aliphatic carbocycles. The van der Waals surface area contributed by atoms with Crippen molar-refractivity contribution in [2.75, 3.05) is 6.73 Å². The summed E-state index contributed by atoms with van der Waals surface area (Å²) in [6, 6.07) is 0. The van der Waals surface area contributed by atoms with Crippen LogP contribution in [0.1, 0.15) is 0 Å². The van der Waals surface area contributed by atoms with Gasteiger partial charge in [-0.1, -0.05) is 0 Å². The lowest BCUT2D eigenvalue weighted by molar-refractivity contribution is -0.637. The van der Waals surface area contributed by atoms with Gasteiger partial charge in [0.2, 0.25) is 0 Å². The Morgan fingerprint density at radius 3 is 2.44 bits per heavy atom. The molecule has 0 radical (unpaired) electrons. The van der Waals surface area contributed by atoms with E-state index in [1.807, 2.05) is 0 Å². The molecule has 7 heteroatoms. The molecule has 0 rings (SSSR count). The van der Waals surface area contributed by atoms with Gasteiger partial charge in [0.05, 0.1) is 0 Å². The third-order valence-corrected chi connectivity index (χ3v) is 0.609. The van der Waals surface area contributed by atoms with Crippen LogP contribution in [-0.2, 0) is 0 Å². The van der Waals surface area contributed by atoms with Crippen molar-refractivity contribution < 1.29 is 10.1 Å². The predicted octanol–water partition coefficient (Wildman–Crippen LogP) is -1.68. The van der Waals surface area contributed by atoms with Crippen molar-refractivity contribution in [3.63, 3.8) is 0 Å². The van der Waals surface area contributed by atoms with E-state index in [4.69, 9.17) is 10.5 Å². The summed E-state index contributed by atoms with van der Waals surface area (Å²) in [6.45, 7) is -0.887. The molecule has 0 aromatic rings. The Labute approximate surface area is 50.3 Å². The first-order valence-corrected chi connectivity index (χ1v) is 1.96. The quantitative estimate of drug-likeness (QED) is 0.137. The number of hydrazine groups is 1. The molecular formula is C2H6N4O3. The summed E-state index contributed by atoms with van der Waals surface area (Å²) < 4.78 is 0. The van der Waals surface area contributed by atoms with Crippen molar-refractivity contribution in [1.29, 1.82) is 5.41 Å². The SMILES string of the molecule is N=C(N)N(CO)[N+](=O)[O-]. The van der Waals surface area contributed by atoms with Crippen LogP contribution in [0.3, 0.4) is 0 Å². The number of aliphatic hydroxyl groups excluding tert-OH is 1. The topological polar surface area (TPSA) is 116 Å². The second-order valence-corrected chi connectivity index (χ2v) is 1.16. The second kappa shape index (κ2) is 2.82. The smallest absolute Gasteiger partial charge is 0.254 e. The molecule has 0 amide bonds. The molecule has 52 valence electrons. The number of nitrogens with one attached hydrogen (secondary N) is 1. The van der Waals surface area contributed by atoms with Crippen LogP contribution >= 0.6 is 0 Å². The van der Waals surface area contributed by atoms with E-state index in [1.54, 1.807) is 0 Å². The molecule has 0 aromatic carbocycles. The van der Waals surface area contributed by atoms with Crippen molar-refractivity contribution in [1.82, 2.24) is 5.01 Å². The highest BCUT2D eigenvalue weighted by atomic mass is 16.7. The van der Waals surface area contributed by atoms with E-state index >= 15 is 0 Å². The number of nitrogens with two attached hydrogens (primary N) is 1. The lowest BCUT2D eigenvalue weighted by Crippen LogP contribution is -2.41. The molecule has 4 N–H and O–H groups in total. The summed E-state index contributed by atoms with van der Waals surface area (Å²) in [5.74, 6) is -0.789. The minimum Gasteiger partial charge on any atom is -0.370 e. The van der Waals surface area contributed by atoms with Crippen LogP contribution in [0.5, 0.6) is 0 Å². The van der Waals surface area contributed by atoms with Gasteiger partial charge >= 0.3 is 0 Å². The maximum Gasteiger partial charge on any atom is 0.254 e. The zero-order chi connectivity index (χ0) is 7.44. The van der Waals surface area contributed by atoms with Crippen LogP contribution in [0.25, 0.3) is 0 Å². The minimum absolute atomic E-state index is 0.0972. The van der Waals surface area contributed by atoms with Gasteiger partial charge in [0, 0.05) is 0 Å². The lowest BCUT2D eigenvalue weighted by atomic mass is 10.9. The maximum atomic E-state index is 9.72. The number of hydrogen-bond acceptors (Lipinski definition) is 4. The van der Waals surface area contributed by atoms with Crippen molar-refractivity contribution in [2.24, 2.45) is 5.73 Å². The third kappa shape index (κ3) is 1.91. The molecule has 0 aliphatic rings. The highest BCUT2D eigenvalue weighted by Crippen LogP contribution is 1.81. The lowest BCUT2D eigenvalue weighted by Gasteiger charge is -2.05. The third-order valence-electron chi connectivity index (χ3n) is 0.609. The summed E-state index contributed by atoms with van der Waals surface area (Å²) >= 11 is 0. The summed E-state index contributed by atoms with van der Waals surface area (Å²) in [5.41, 5.74) is 4.66. The van der Waals surface area contributed by atoms with E-state index in [1.165, 1.54) is 0 Å². The number of hydrogen-bond donors (Lipinski definition) is 3. The van der Waals surface area contributed by atoms with E-state index in [0.29, 0.717) is 0 Å². The highest BCUT2D eigenvalue weighted by molar-refractivity contribution is 5.72. The van der Waals surface area contributed by atoms with E-state index in [-0.39, 0.29) is 5.01 Å². The summed E-state index contributed by atoms with van der Waals surface area (Å²) in [7, 11) is 0. The first kappa shape index (κ1) is 7.63. The van der Waals surface area contributed by atoms with Gasteiger partial charge in [0.15, 0.2) is 11.8 Å². The fraction of sp³-hybridized carbons (Fsp3) is 0.500. The van der Waals surface area contributed by atoms with Gasteiger partial charge in [0.1, 0.15) is 0 Å². The Balaban J connectivity index is 3.99. The van der Waals surface area contributed by atoms with Gasteiger partial charge in [0.25, 0.3) is 5.96 Å². The first-order valence-electron chi connectivity index (χ1n) is 1.96. The van der Waals surface area contributed by atoms with Crippen molar-refractivity contribution in [3.05, 3.63) is 10.1 Å². The van der Waals surface area contributed by atoms with Gasteiger partial charge in [-0.3, -0.25) is 5.41 Å². The van der Waals surface area contributed by atoms with Crippen molar-refractivity contribution in [2.45, 2.75) is 0 Å². The summed E-state index contributed by atoms with van der Waals surface area (Å²) in [4.78, 5) is 9.72. The molecule has 0 heterocycles. The zero-order valence-corrected chi connectivity index (χ0v) is 4.44. The number of nitrogens with zero attached hydrogens (tertiary/aromatic N) is 2. The normalized spacial score (nSPS) is 8.56. The zero-order valence-electron chi connectivity index (χ0n) is 4.44. The van der Waals surface area contributed by atoms with Crippen LogP contribution in [0.15, 0.2) is 0 Å². The molecule has 0 aromatic heterocycles. The fourth-order valence-electron chi connectivity index (χ4n) is 0.216. The maximum absolute atomic E-state index is 9.72. The van der Waals surface area contributed by atoms with Gasteiger partial charge in [-0.25, -0.2) is 10.1 Å². The van der Waals surface area contributed by atoms with Crippen LogP contribution < -0.4 is 5.73 Å². The number of guanidine groups is 1. The molecule has 0 spiro atoms. The van der Waals surface area contributed by atoms with Gasteiger partial charge in [-0.15, -0.1) is 0 Å². The van der Waals surface area contributed by atoms with Crippen LogP contribution in [0, 0.1) is 15.5 Å². The average Bonchev–Trinajstić information content (AvgIpc) is 1.64. The number of rotatable bonds is 2. The van der Waals surface area contributed by atoms with Gasteiger partial charge in [-0.2, -0.15) is 0 Å². The molecule has 0 aliphatic heterocycles. The van der Waals surface area contributed by atoms with Crippen molar-refractivity contribution in [3.8, 4) is 0 Å². The molecule has 9 heavy (non-hydrogen) atoms. The highest BCUT2D eigenvalue weighted by Gasteiger charge is 2.14. The summed E-state index contributed by atoms with van der Waals surface area (Å²) in [5, 5.41) is 23.5. The van der Waals surface area contributed by atoms with E-state index in [2.05, 4.69) is 5.73 Å². The number of nitro groups is 1. The molecule has 0 atom stereocenters. The Hall–Kier alpha value is -1.37. The van der Waals surface area contributed by atoms with E-state index in [0.717, 1.165) is 0 Å². The van der Waals surface area contributed by atoms with Gasteiger partial charge < -0.3 is 10.8 Å². The standard InChI is InChI=1S/C2H6N4O3/c3-2(4)5(1-7)6(8)9/h7H,1H2,(H3,3,4). The van der Waals surface area contributed by atoms with Crippen LogP contribution in [0.4, 0.5) is 0 Å². The minimum atomic E-state index is -0.970. The Morgan fingerprint density at radius 2 is 2.44 bits per heavy atom. The fourth-order valence-corrected chi connectivity index (χ4v) is 0.216. The van der Waals surface area contributed by atoms with Crippen molar-refractivity contribution >= 4 is 5.96 Å². The molecule has 0 bridgehead atoms. The Bertz CT molecular complexity index is 120. The average molecular weight is 134 g/mol. The molecule has 0 saturated carbocycles. The Morgan fingerprint density at radius 1 is 2.00 bits per heavy atom. The monoisotopic (exact) mass is 134 g/mol. The molecule has 0 saturated heterocycles. The first-order chi connectivity index (χ1) is 4.09. The summed E-state index contributed by atoms with van der Waals surface area (Å²) in [6.07, 6.45) is 0. The Kier molecular flexibility index (Phi) is 2.39. The van der Waals surface area contributed by atoms with Crippen LogP contribution in [-0.4, -0.2) is 27.8 Å². The van der Waals surface area contributed by atoms with Gasteiger partial charge in [-0.05, 0) is 5.01 Å². The molecule has 7 nitrogen and oxygen atoms in total. The second-order valence-electron chi connectivity index (χ2n) is 1.16. The van der Waals surface area contributed by atoms with Crippen LogP contribution in [0.2, 0.25) is 0 Å². The molecular weight excluding hydrogens is 128 g/mol. The number of aliphatic hydroxyl groups is 1. The largest absolute Gasteiger partial charge is 0.370 e. The molecule has 0 unspecified atom stereocenters. The predicted molar refractivity (Wildman–Crippen MR) is 27.8 cm³/mol. The van der Waals surface area contributed by atoms with E-state index in [9.17, 15) is 10.1 Å². The van der Waals surface area contributed by atoms with E-state index < -0.39 is 17.7 Å².